The Hall–Kier alpha value is -3.20. The molecule has 0 saturated carbocycles. The molecule has 4 aromatic rings. The number of fused-ring (bicyclic) bond motifs is 3. The Bertz CT molecular complexity index is 1580. The Balaban J connectivity index is 1.52. The van der Waals surface area contributed by atoms with Crippen LogP contribution in [0.25, 0.3) is 22.0 Å². The summed E-state index contributed by atoms with van der Waals surface area (Å²) in [7, 11) is 3.04. The average Bonchev–Trinajstić information content (AvgIpc) is 3.17. The summed E-state index contributed by atoms with van der Waals surface area (Å²) in [5.41, 5.74) is 2.96. The quantitative estimate of drug-likeness (QED) is 0.0940. The van der Waals surface area contributed by atoms with Crippen molar-refractivity contribution < 1.29 is 17.9 Å². The number of aromatic nitrogens is 2. The van der Waals surface area contributed by atoms with Gasteiger partial charge in [-0.15, -0.1) is 0 Å². The summed E-state index contributed by atoms with van der Waals surface area (Å²) in [5.74, 6) is 0.482. The van der Waals surface area contributed by atoms with E-state index in [0.29, 0.717) is 60.0 Å². The van der Waals surface area contributed by atoms with Gasteiger partial charge in [0, 0.05) is 83.4 Å². The molecule has 208 valence electrons. The highest BCUT2D eigenvalue weighted by Gasteiger charge is 2.45. The highest BCUT2D eigenvalue weighted by atomic mass is 127. The summed E-state index contributed by atoms with van der Waals surface area (Å²) in [5, 5.41) is 17.7. The zero-order valence-electron chi connectivity index (χ0n) is 21.7. The predicted octanol–water partition coefficient (Wildman–Crippen LogP) is 6.04. The van der Waals surface area contributed by atoms with Gasteiger partial charge in [-0.05, 0) is 42.0 Å². The molecule has 2 atom stereocenters. The molecule has 0 radical (unpaired) electrons. The van der Waals surface area contributed by atoms with Gasteiger partial charge in [0.25, 0.3) is 0 Å². The number of methoxy groups -OCH3 is 1. The van der Waals surface area contributed by atoms with Crippen molar-refractivity contribution in [2.24, 2.45) is 0 Å². The van der Waals surface area contributed by atoms with Gasteiger partial charge in [0.05, 0.1) is 31.4 Å². The van der Waals surface area contributed by atoms with Crippen molar-refractivity contribution in [2.75, 3.05) is 50.1 Å². The Labute approximate surface area is 242 Å². The lowest BCUT2D eigenvalue weighted by atomic mass is 10.0. The minimum absolute atomic E-state index is 0.149. The summed E-state index contributed by atoms with van der Waals surface area (Å²) in [4.78, 5) is 12.3. The van der Waals surface area contributed by atoms with Gasteiger partial charge in [-0.3, -0.25) is 9.55 Å². The lowest BCUT2D eigenvalue weighted by molar-refractivity contribution is -0.137. The number of pyridine rings is 2. The number of alkyl halides is 4. The van der Waals surface area contributed by atoms with Crippen LogP contribution in [0.3, 0.4) is 0 Å². The molecule has 1 N–H and O–H groups in total. The van der Waals surface area contributed by atoms with Crippen molar-refractivity contribution in [3.05, 3.63) is 71.7 Å². The Morgan fingerprint density at radius 1 is 1.02 bits per heavy atom. The maximum Gasteiger partial charge on any atom is 0.418 e. The zero-order chi connectivity index (χ0) is 28.2. The zero-order valence-corrected chi connectivity index (χ0v) is 23.9. The van der Waals surface area contributed by atoms with E-state index in [1.165, 1.54) is 25.4 Å². The average molecular weight is 662 g/mol. The van der Waals surface area contributed by atoms with Crippen LogP contribution in [-0.4, -0.2) is 54.5 Å². The number of hydrogen-bond acceptors (Lipinski definition) is 7. The van der Waals surface area contributed by atoms with E-state index >= 15 is 0 Å². The topological polar surface area (TPSA) is 76.6 Å². The normalized spacial score (nSPS) is 21.1. The highest BCUT2D eigenvalue weighted by Crippen LogP contribution is 2.53. The summed E-state index contributed by atoms with van der Waals surface area (Å²) >= 11 is 2.02. The van der Waals surface area contributed by atoms with Crippen LogP contribution in [0.2, 0.25) is 0 Å². The number of quaternary nitrogens is 1. The van der Waals surface area contributed by atoms with E-state index < -0.39 is 20.6 Å². The van der Waals surface area contributed by atoms with Crippen molar-refractivity contribution in [1.29, 1.82) is 0 Å². The van der Waals surface area contributed by atoms with Crippen molar-refractivity contribution in [2.45, 2.75) is 10.3 Å². The number of hydrogen-bond donors (Lipinski definition) is 1. The number of nitrogens with one attached hydrogen (secondary N) is 1. The van der Waals surface area contributed by atoms with Crippen molar-refractivity contribution in [3.8, 4) is 17.0 Å². The van der Waals surface area contributed by atoms with Gasteiger partial charge in [0.1, 0.15) is 5.69 Å². The fraction of sp³-hybridized carbons (Fsp3) is 0.286. The second-order valence-electron chi connectivity index (χ2n) is 9.92. The molecule has 12 heteroatoms. The van der Waals surface area contributed by atoms with E-state index in [0.717, 1.165) is 11.1 Å². The van der Waals surface area contributed by atoms with Crippen molar-refractivity contribution in [1.82, 2.24) is 19.9 Å². The standard InChI is InChI=1S/C28H26F3IN6O2/c1-38(39)24-16-34-22-6-3-17(18-4-8-25(40-2)35-15-18)13-20(22)26(24)37(27(38)32)19-5-7-23(21(14-19)28(29,30)31)36-11-9-33-10-12-36/h3-8,13-16,27,33H,9-12H2,1-2H3. The van der Waals surface area contributed by atoms with E-state index in [1.807, 2.05) is 46.9 Å². The summed E-state index contributed by atoms with van der Waals surface area (Å²) in [6.07, 6.45) is -1.34. The van der Waals surface area contributed by atoms with Gasteiger partial charge in [-0.1, -0.05) is 6.07 Å². The molecule has 0 spiro atoms. The first-order valence-corrected chi connectivity index (χ1v) is 14.0. The summed E-state index contributed by atoms with van der Waals surface area (Å²) in [6, 6.07) is 13.7. The molecule has 0 amide bonds. The van der Waals surface area contributed by atoms with Crippen LogP contribution in [0.1, 0.15) is 5.56 Å². The first-order valence-electron chi connectivity index (χ1n) is 12.7. The smallest absolute Gasteiger partial charge is 0.418 e. The van der Waals surface area contributed by atoms with Crippen LogP contribution < -0.4 is 24.5 Å². The monoisotopic (exact) mass is 662 g/mol. The lowest BCUT2D eigenvalue weighted by Crippen LogP contribution is -2.47. The van der Waals surface area contributed by atoms with Crippen LogP contribution in [0.15, 0.2) is 60.9 Å². The third kappa shape index (κ3) is 4.52. The molecule has 2 aromatic heterocycles. The molecular weight excluding hydrogens is 636 g/mol. The number of benzene rings is 2. The molecule has 4 heterocycles. The van der Waals surface area contributed by atoms with Crippen LogP contribution in [0.4, 0.5) is 35.9 Å². The second kappa shape index (κ2) is 10.0. The summed E-state index contributed by atoms with van der Waals surface area (Å²) < 4.78 is 46.8. The number of ether oxygens (including phenoxy) is 1. The molecule has 40 heavy (non-hydrogen) atoms. The van der Waals surface area contributed by atoms with Gasteiger partial charge in [0.2, 0.25) is 10.1 Å². The molecular formula is C28H26F3IN6O2. The fourth-order valence-corrected chi connectivity index (χ4v) is 6.27. The SMILES string of the molecule is COc1ccc(-c2ccc3ncc4c(c3c2)N(c2ccc(N3CCNCC3)c(C(F)(F)F)c2)C(I)[N+]4(C)[O-])cn1. The third-order valence-electron chi connectivity index (χ3n) is 7.46. The van der Waals surface area contributed by atoms with Crippen LogP contribution in [0.5, 0.6) is 5.88 Å². The molecule has 2 aliphatic heterocycles. The van der Waals surface area contributed by atoms with Crippen LogP contribution in [0, 0.1) is 5.21 Å². The number of halogens is 4. The van der Waals surface area contributed by atoms with Gasteiger partial charge in [-0.25, -0.2) is 9.97 Å². The van der Waals surface area contributed by atoms with E-state index in [-0.39, 0.29) is 5.69 Å². The van der Waals surface area contributed by atoms with Gasteiger partial charge in [0.15, 0.2) is 5.69 Å². The largest absolute Gasteiger partial charge is 0.625 e. The number of rotatable bonds is 4. The maximum atomic E-state index is 14.4. The number of piperazine rings is 1. The minimum Gasteiger partial charge on any atom is -0.625 e. The van der Waals surface area contributed by atoms with Gasteiger partial charge < -0.3 is 20.2 Å². The molecule has 6 rings (SSSR count). The highest BCUT2D eigenvalue weighted by molar-refractivity contribution is 14.1. The van der Waals surface area contributed by atoms with Crippen molar-refractivity contribution >= 4 is 56.2 Å². The molecule has 2 aromatic carbocycles. The Morgan fingerprint density at radius 3 is 2.45 bits per heavy atom. The second-order valence-corrected chi connectivity index (χ2v) is 11.0. The molecule has 1 fully saturated rings. The molecule has 8 nitrogen and oxygen atoms in total. The molecule has 0 bridgehead atoms. The molecule has 1 saturated heterocycles. The Morgan fingerprint density at radius 2 is 1.77 bits per heavy atom. The first kappa shape index (κ1) is 27.0. The van der Waals surface area contributed by atoms with Crippen molar-refractivity contribution in [3.63, 3.8) is 0 Å². The first-order chi connectivity index (χ1) is 19.1. The minimum atomic E-state index is -4.57. The van der Waals surface area contributed by atoms with Gasteiger partial charge in [-0.2, -0.15) is 13.2 Å². The molecule has 2 aliphatic rings. The van der Waals surface area contributed by atoms with Crippen LogP contribution >= 0.6 is 22.6 Å². The third-order valence-corrected chi connectivity index (χ3v) is 9.08. The number of nitrogens with zero attached hydrogens (tertiary/aromatic N) is 5. The van der Waals surface area contributed by atoms with Crippen LogP contribution in [-0.2, 0) is 6.18 Å². The molecule has 2 unspecified atom stereocenters. The van der Waals surface area contributed by atoms with E-state index in [4.69, 9.17) is 4.74 Å². The maximum absolute atomic E-state index is 14.4. The van der Waals surface area contributed by atoms with Gasteiger partial charge >= 0.3 is 6.18 Å². The summed E-state index contributed by atoms with van der Waals surface area (Å²) in [6.45, 7) is 2.20. The Kier molecular flexibility index (Phi) is 6.76. The lowest BCUT2D eigenvalue weighted by Gasteiger charge is -2.38. The number of hydroxylamine groups is 2. The fourth-order valence-electron chi connectivity index (χ4n) is 5.37. The van der Waals surface area contributed by atoms with E-state index in [1.54, 1.807) is 35.2 Å². The van der Waals surface area contributed by atoms with E-state index in [2.05, 4.69) is 15.3 Å². The molecule has 0 aliphatic carbocycles. The number of anilines is 3. The predicted molar refractivity (Wildman–Crippen MR) is 159 cm³/mol. The van der Waals surface area contributed by atoms with E-state index in [9.17, 15) is 18.4 Å².